The molecule has 0 saturated carbocycles. The van der Waals surface area contributed by atoms with Crippen molar-refractivity contribution in [2.24, 2.45) is 0 Å². The third kappa shape index (κ3) is 11.4. The fraction of sp³-hybridized carbons (Fsp3) is 0.615. The van der Waals surface area contributed by atoms with E-state index in [1.807, 2.05) is 24.9 Å². The summed E-state index contributed by atoms with van der Waals surface area (Å²) in [6.45, 7) is 7.86. The molecule has 0 bridgehead atoms. The van der Waals surface area contributed by atoms with Crippen LogP contribution in [0.25, 0.3) is 0 Å². The Morgan fingerprint density at radius 3 is 2.51 bits per heavy atom. The molecule has 3 rings (SSSR count). The molecule has 3 N–H and O–H groups in total. The molecule has 1 saturated heterocycles. The van der Waals surface area contributed by atoms with E-state index in [9.17, 15) is 9.59 Å². The van der Waals surface area contributed by atoms with Crippen LogP contribution in [0, 0.1) is 6.92 Å². The number of methoxy groups -OCH3 is 3. The first kappa shape index (κ1) is 32.2. The number of carbonyl (C=O) groups excluding carboxylic acids is 2. The molecule has 1 fully saturated rings. The third-order valence-corrected chi connectivity index (χ3v) is 5.76. The largest absolute Gasteiger partial charge is 0.462 e. The van der Waals surface area contributed by atoms with Crippen LogP contribution in [0.1, 0.15) is 25.3 Å². The molecule has 11 heteroatoms. The van der Waals surface area contributed by atoms with E-state index >= 15 is 0 Å². The summed E-state index contributed by atoms with van der Waals surface area (Å²) in [5.41, 5.74) is 3.50. The minimum atomic E-state index is -0.360. The van der Waals surface area contributed by atoms with Gasteiger partial charge in [0.2, 0.25) is 12.8 Å². The number of aryl methyl sites for hydroxylation is 1. The third-order valence-electron chi connectivity index (χ3n) is 5.76. The summed E-state index contributed by atoms with van der Waals surface area (Å²) in [4.78, 5) is 26.4. The van der Waals surface area contributed by atoms with E-state index in [0.29, 0.717) is 44.5 Å². The number of nitrogens with zero attached hydrogens (tertiary/aromatic N) is 2. The summed E-state index contributed by atoms with van der Waals surface area (Å²) in [5.74, 6) is -0.206. The lowest BCUT2D eigenvalue weighted by Gasteiger charge is -2.25. The highest BCUT2D eigenvalue weighted by Gasteiger charge is 2.26. The molecule has 37 heavy (non-hydrogen) atoms. The molecule has 210 valence electrons. The summed E-state index contributed by atoms with van der Waals surface area (Å²) < 4.78 is 19.5. The minimum absolute atomic E-state index is 0.206. The van der Waals surface area contributed by atoms with Crippen LogP contribution in [-0.4, -0.2) is 97.9 Å². The topological polar surface area (TPSA) is 114 Å². The van der Waals surface area contributed by atoms with Gasteiger partial charge in [-0.15, -0.1) is 0 Å². The van der Waals surface area contributed by atoms with Gasteiger partial charge in [0.15, 0.2) is 0 Å². The summed E-state index contributed by atoms with van der Waals surface area (Å²) in [7, 11) is 8.41. The van der Waals surface area contributed by atoms with Crippen LogP contribution in [-0.2, 0) is 28.5 Å². The molecule has 1 aromatic carbocycles. The molecule has 11 nitrogen and oxygen atoms in total. The van der Waals surface area contributed by atoms with Gasteiger partial charge in [-0.25, -0.2) is 0 Å². The van der Waals surface area contributed by atoms with Gasteiger partial charge in [-0.1, -0.05) is 0 Å². The Morgan fingerprint density at radius 2 is 1.95 bits per heavy atom. The minimum Gasteiger partial charge on any atom is -0.462 e. The fourth-order valence-corrected chi connectivity index (χ4v) is 3.71. The van der Waals surface area contributed by atoms with E-state index in [1.54, 1.807) is 28.4 Å². The van der Waals surface area contributed by atoms with Gasteiger partial charge in [0.1, 0.15) is 12.0 Å². The van der Waals surface area contributed by atoms with Crippen LogP contribution < -0.4 is 20.9 Å². The molecule has 2 heterocycles. The number of hydrogen-bond donors (Lipinski definition) is 3. The van der Waals surface area contributed by atoms with Gasteiger partial charge in [-0.05, 0) is 57.5 Å². The maximum Gasteiger partial charge on any atom is 0.275 e. The van der Waals surface area contributed by atoms with E-state index in [-0.39, 0.29) is 12.3 Å². The standard InChI is InChI=1S/C20H30N4O3.C4H9NO2.C2H6O/c1-14-12-16(24-9-5-6-15(24)2)7-8-17(14)21-19(25)18-13-27-20(22-18)23(3)10-11-26-4;1-7-3-2-5-4-6;1-3-2/h7-8,12-13,15,20,22H,5-6,9-11H2,1-4H3,(H,21,25);4H,2-3H2,1H3,(H,5,6);1-2H3. The quantitative estimate of drug-likeness (QED) is 0.296. The lowest BCUT2D eigenvalue weighted by atomic mass is 10.1. The Kier molecular flexibility index (Phi) is 16.0. The molecule has 2 amide bonds. The van der Waals surface area contributed by atoms with Crippen LogP contribution in [0.2, 0.25) is 0 Å². The van der Waals surface area contributed by atoms with Crippen molar-refractivity contribution >= 4 is 23.7 Å². The highest BCUT2D eigenvalue weighted by Crippen LogP contribution is 2.29. The van der Waals surface area contributed by atoms with Crippen molar-refractivity contribution in [1.82, 2.24) is 15.5 Å². The predicted octanol–water partition coefficient (Wildman–Crippen LogP) is 1.89. The smallest absolute Gasteiger partial charge is 0.275 e. The van der Waals surface area contributed by atoms with Crippen molar-refractivity contribution < 1.29 is 28.5 Å². The van der Waals surface area contributed by atoms with Crippen molar-refractivity contribution in [3.63, 3.8) is 0 Å². The molecule has 2 aliphatic heterocycles. The lowest BCUT2D eigenvalue weighted by molar-refractivity contribution is -0.113. The van der Waals surface area contributed by atoms with Gasteiger partial charge in [-0.2, -0.15) is 0 Å². The van der Waals surface area contributed by atoms with E-state index in [4.69, 9.17) is 9.47 Å². The van der Waals surface area contributed by atoms with Gasteiger partial charge in [0.25, 0.3) is 5.91 Å². The first-order valence-corrected chi connectivity index (χ1v) is 12.4. The lowest BCUT2D eigenvalue weighted by Crippen LogP contribution is -2.43. The highest BCUT2D eigenvalue weighted by molar-refractivity contribution is 6.03. The first-order chi connectivity index (χ1) is 17.8. The van der Waals surface area contributed by atoms with Gasteiger partial charge < -0.3 is 39.8 Å². The van der Waals surface area contributed by atoms with Crippen LogP contribution in [0.4, 0.5) is 11.4 Å². The molecular weight excluding hydrogens is 478 g/mol. The zero-order chi connectivity index (χ0) is 27.6. The second-order valence-corrected chi connectivity index (χ2v) is 8.75. The fourth-order valence-electron chi connectivity index (χ4n) is 3.71. The molecule has 2 atom stereocenters. The van der Waals surface area contributed by atoms with Gasteiger partial charge >= 0.3 is 0 Å². The van der Waals surface area contributed by atoms with Crippen LogP contribution >= 0.6 is 0 Å². The number of rotatable bonds is 11. The maximum atomic E-state index is 12.6. The number of hydrogen-bond acceptors (Lipinski definition) is 9. The number of ether oxygens (including phenoxy) is 4. The number of likely N-dealkylation sites (N-methyl/N-ethyl adjacent to an activating group) is 1. The number of carbonyl (C=O) groups is 2. The maximum absolute atomic E-state index is 12.6. The summed E-state index contributed by atoms with van der Waals surface area (Å²) >= 11 is 0. The Labute approximate surface area is 221 Å². The van der Waals surface area contributed by atoms with E-state index in [2.05, 4.69) is 49.4 Å². The molecule has 1 aromatic rings. The monoisotopic (exact) mass is 523 g/mol. The zero-order valence-electron chi connectivity index (χ0n) is 23.3. The molecule has 0 aromatic heterocycles. The highest BCUT2D eigenvalue weighted by atomic mass is 16.5. The number of anilines is 2. The number of amides is 2. The van der Waals surface area contributed by atoms with Crippen molar-refractivity contribution in [1.29, 1.82) is 0 Å². The van der Waals surface area contributed by atoms with Crippen LogP contribution in [0.5, 0.6) is 0 Å². The molecule has 2 aliphatic rings. The van der Waals surface area contributed by atoms with Crippen molar-refractivity contribution in [3.05, 3.63) is 35.7 Å². The first-order valence-electron chi connectivity index (χ1n) is 12.4. The zero-order valence-corrected chi connectivity index (χ0v) is 23.3. The Balaban J connectivity index is 0.000000584. The van der Waals surface area contributed by atoms with Gasteiger partial charge in [-0.3, -0.25) is 14.5 Å². The average molecular weight is 524 g/mol. The van der Waals surface area contributed by atoms with E-state index in [0.717, 1.165) is 17.8 Å². The average Bonchev–Trinajstić information content (AvgIpc) is 3.55. The van der Waals surface area contributed by atoms with E-state index < -0.39 is 0 Å². The van der Waals surface area contributed by atoms with Crippen molar-refractivity contribution in [2.75, 3.05) is 78.6 Å². The van der Waals surface area contributed by atoms with Crippen molar-refractivity contribution in [3.8, 4) is 0 Å². The Hall–Kier alpha value is -2.86. The van der Waals surface area contributed by atoms with Crippen LogP contribution in [0.15, 0.2) is 30.2 Å². The summed E-state index contributed by atoms with van der Waals surface area (Å²) in [5, 5.41) is 8.51. The Morgan fingerprint density at radius 1 is 1.24 bits per heavy atom. The molecule has 0 radical (unpaired) electrons. The second-order valence-electron chi connectivity index (χ2n) is 8.75. The molecule has 2 unspecified atom stereocenters. The number of nitrogens with one attached hydrogen (secondary N) is 3. The normalized spacial score (nSPS) is 17.9. The van der Waals surface area contributed by atoms with Gasteiger partial charge in [0.05, 0.1) is 13.2 Å². The number of benzene rings is 1. The second kappa shape index (κ2) is 18.4. The van der Waals surface area contributed by atoms with Crippen molar-refractivity contribution in [2.45, 2.75) is 39.1 Å². The molecular formula is C26H45N5O6. The molecule has 0 aliphatic carbocycles. The summed E-state index contributed by atoms with van der Waals surface area (Å²) in [6, 6.07) is 6.78. The molecule has 0 spiro atoms. The predicted molar refractivity (Wildman–Crippen MR) is 145 cm³/mol. The SMILES string of the molecule is COC.COCCN(C)C1NC(C(=O)Nc2ccc(N3CCCC3C)cc2C)=CO1.COCCNC=O. The van der Waals surface area contributed by atoms with Crippen LogP contribution in [0.3, 0.4) is 0 Å². The van der Waals surface area contributed by atoms with E-state index in [1.165, 1.54) is 24.8 Å². The Bertz CT molecular complexity index is 838. The van der Waals surface area contributed by atoms with Gasteiger partial charge in [0, 0.05) is 65.5 Å². The summed E-state index contributed by atoms with van der Waals surface area (Å²) in [6.07, 6.45) is 4.23.